The van der Waals surface area contributed by atoms with E-state index in [-0.39, 0.29) is 5.69 Å². The van der Waals surface area contributed by atoms with Crippen LogP contribution in [0.25, 0.3) is 0 Å². The summed E-state index contributed by atoms with van der Waals surface area (Å²) in [5.74, 6) is 0. The molecule has 3 N–H and O–H groups in total. The summed E-state index contributed by atoms with van der Waals surface area (Å²) in [6.45, 7) is 1.35. The third kappa shape index (κ3) is 3.74. The molecule has 1 aliphatic heterocycles. The van der Waals surface area contributed by atoms with Crippen LogP contribution >= 0.6 is 0 Å². The second-order valence-electron chi connectivity index (χ2n) is 5.68. The van der Waals surface area contributed by atoms with E-state index in [1.807, 2.05) is 23.1 Å². The molecule has 1 heterocycles. The zero-order valence-corrected chi connectivity index (χ0v) is 13.4. The number of nitro benzene ring substituents is 1. The first-order valence-electron chi connectivity index (χ1n) is 7.73. The number of amides is 2. The standard InChI is InChI=1S/C17H17N5O3/c18-17(23)20-19-10-12-5-6-15(16(9-12)22(24)25)21-8-7-13-3-1-2-4-14(13)11-21/h1-6,9-10H,7-8,11H2,(H3,18,20,23). The molecule has 2 aromatic carbocycles. The van der Waals surface area contributed by atoms with E-state index in [9.17, 15) is 14.9 Å². The van der Waals surface area contributed by atoms with E-state index in [0.717, 1.165) is 6.42 Å². The number of urea groups is 1. The maximum Gasteiger partial charge on any atom is 0.332 e. The SMILES string of the molecule is NC(=O)NN=Cc1ccc(N2CCc3ccccc3C2)c([N+](=O)[O-])c1. The molecule has 128 valence electrons. The minimum atomic E-state index is -0.797. The van der Waals surface area contributed by atoms with Crippen LogP contribution in [0.4, 0.5) is 16.2 Å². The second-order valence-corrected chi connectivity index (χ2v) is 5.68. The number of nitrogens with two attached hydrogens (primary N) is 1. The first kappa shape index (κ1) is 16.4. The molecule has 0 saturated heterocycles. The molecule has 0 unspecified atom stereocenters. The lowest BCUT2D eigenvalue weighted by Crippen LogP contribution is -2.30. The fourth-order valence-corrected chi connectivity index (χ4v) is 2.91. The number of fused-ring (bicyclic) bond motifs is 1. The van der Waals surface area contributed by atoms with Crippen molar-refractivity contribution < 1.29 is 9.72 Å². The highest BCUT2D eigenvalue weighted by Crippen LogP contribution is 2.32. The van der Waals surface area contributed by atoms with Crippen molar-refractivity contribution in [1.29, 1.82) is 0 Å². The largest absolute Gasteiger partial charge is 0.361 e. The molecule has 0 aromatic heterocycles. The smallest absolute Gasteiger partial charge is 0.332 e. The normalized spacial score (nSPS) is 13.5. The zero-order valence-electron chi connectivity index (χ0n) is 13.4. The Kier molecular flexibility index (Phi) is 4.60. The lowest BCUT2D eigenvalue weighted by Gasteiger charge is -2.30. The Bertz CT molecular complexity index is 850. The van der Waals surface area contributed by atoms with Gasteiger partial charge in [-0.2, -0.15) is 5.10 Å². The van der Waals surface area contributed by atoms with Crippen molar-refractivity contribution in [3.63, 3.8) is 0 Å². The van der Waals surface area contributed by atoms with Crippen LogP contribution in [0, 0.1) is 10.1 Å². The molecule has 8 heteroatoms. The van der Waals surface area contributed by atoms with E-state index in [2.05, 4.69) is 16.6 Å². The zero-order chi connectivity index (χ0) is 17.8. The summed E-state index contributed by atoms with van der Waals surface area (Å²) in [6.07, 6.45) is 2.16. The van der Waals surface area contributed by atoms with Crippen LogP contribution in [-0.2, 0) is 13.0 Å². The maximum absolute atomic E-state index is 11.5. The van der Waals surface area contributed by atoms with E-state index < -0.39 is 11.0 Å². The molecule has 0 radical (unpaired) electrons. The number of anilines is 1. The number of hydrogen-bond acceptors (Lipinski definition) is 5. The fraction of sp³-hybridized carbons (Fsp3) is 0.176. The van der Waals surface area contributed by atoms with Gasteiger partial charge in [0.05, 0.1) is 11.1 Å². The van der Waals surface area contributed by atoms with Crippen LogP contribution in [0.2, 0.25) is 0 Å². The summed E-state index contributed by atoms with van der Waals surface area (Å²) in [7, 11) is 0. The molecule has 0 saturated carbocycles. The number of nitro groups is 1. The van der Waals surface area contributed by atoms with Gasteiger partial charge in [-0.05, 0) is 23.6 Å². The number of carbonyl (C=O) groups is 1. The Morgan fingerprint density at radius 1 is 1.28 bits per heavy atom. The van der Waals surface area contributed by atoms with Crippen LogP contribution in [0.5, 0.6) is 0 Å². The van der Waals surface area contributed by atoms with Gasteiger partial charge in [-0.25, -0.2) is 10.2 Å². The number of hydrazone groups is 1. The Balaban J connectivity index is 1.88. The fourth-order valence-electron chi connectivity index (χ4n) is 2.91. The molecule has 2 aromatic rings. The molecule has 0 fully saturated rings. The summed E-state index contributed by atoms with van der Waals surface area (Å²) < 4.78 is 0. The van der Waals surface area contributed by atoms with Crippen molar-refractivity contribution in [1.82, 2.24) is 5.43 Å². The number of nitrogens with one attached hydrogen (secondary N) is 1. The highest BCUT2D eigenvalue weighted by molar-refractivity contribution is 5.84. The van der Waals surface area contributed by atoms with Gasteiger partial charge in [-0.15, -0.1) is 0 Å². The quantitative estimate of drug-likeness (QED) is 0.504. The van der Waals surface area contributed by atoms with Gasteiger partial charge in [0.1, 0.15) is 5.69 Å². The van der Waals surface area contributed by atoms with E-state index in [1.165, 1.54) is 23.4 Å². The molecular weight excluding hydrogens is 322 g/mol. The molecule has 3 rings (SSSR count). The van der Waals surface area contributed by atoms with Crippen molar-refractivity contribution in [2.24, 2.45) is 10.8 Å². The Labute approximate surface area is 144 Å². The molecule has 0 atom stereocenters. The minimum Gasteiger partial charge on any atom is -0.361 e. The summed E-state index contributed by atoms with van der Waals surface area (Å²) in [4.78, 5) is 23.7. The number of carbonyl (C=O) groups excluding carboxylic acids is 1. The first-order chi connectivity index (χ1) is 12.0. The van der Waals surface area contributed by atoms with Crippen molar-refractivity contribution in [3.05, 3.63) is 69.3 Å². The van der Waals surface area contributed by atoms with Crippen LogP contribution in [0.3, 0.4) is 0 Å². The lowest BCUT2D eigenvalue weighted by molar-refractivity contribution is -0.384. The van der Waals surface area contributed by atoms with Crippen LogP contribution in [0.15, 0.2) is 47.6 Å². The third-order valence-corrected chi connectivity index (χ3v) is 4.06. The molecule has 8 nitrogen and oxygen atoms in total. The highest BCUT2D eigenvalue weighted by Gasteiger charge is 2.23. The number of rotatable bonds is 4. The Morgan fingerprint density at radius 3 is 2.76 bits per heavy atom. The topological polar surface area (TPSA) is 114 Å². The second kappa shape index (κ2) is 7.00. The maximum atomic E-state index is 11.5. The Morgan fingerprint density at radius 2 is 2.04 bits per heavy atom. The highest BCUT2D eigenvalue weighted by atomic mass is 16.6. The summed E-state index contributed by atoms with van der Waals surface area (Å²) in [5.41, 5.74) is 10.5. The number of primary amides is 1. The van der Waals surface area contributed by atoms with E-state index in [4.69, 9.17) is 5.73 Å². The minimum absolute atomic E-state index is 0.00223. The predicted octanol–water partition coefficient (Wildman–Crippen LogP) is 2.16. The van der Waals surface area contributed by atoms with Crippen molar-refractivity contribution in [2.75, 3.05) is 11.4 Å². The summed E-state index contributed by atoms with van der Waals surface area (Å²) >= 11 is 0. The third-order valence-electron chi connectivity index (χ3n) is 4.06. The monoisotopic (exact) mass is 339 g/mol. The number of nitrogens with zero attached hydrogens (tertiary/aromatic N) is 3. The van der Waals surface area contributed by atoms with Gasteiger partial charge in [0, 0.05) is 24.7 Å². The van der Waals surface area contributed by atoms with Gasteiger partial charge in [0.25, 0.3) is 5.69 Å². The Hall–Kier alpha value is -3.42. The van der Waals surface area contributed by atoms with Gasteiger partial charge in [0.2, 0.25) is 0 Å². The van der Waals surface area contributed by atoms with Crippen molar-refractivity contribution >= 4 is 23.6 Å². The van der Waals surface area contributed by atoms with Gasteiger partial charge in [-0.1, -0.05) is 30.3 Å². The lowest BCUT2D eigenvalue weighted by atomic mass is 9.99. The molecule has 0 bridgehead atoms. The molecule has 2 amide bonds. The average molecular weight is 339 g/mol. The van der Waals surface area contributed by atoms with E-state index >= 15 is 0 Å². The molecule has 1 aliphatic rings. The molecular formula is C17H17N5O3. The van der Waals surface area contributed by atoms with Crippen molar-refractivity contribution in [2.45, 2.75) is 13.0 Å². The number of hydrogen-bond donors (Lipinski definition) is 2. The van der Waals surface area contributed by atoms with Crippen LogP contribution < -0.4 is 16.1 Å². The number of benzene rings is 2. The van der Waals surface area contributed by atoms with Gasteiger partial charge < -0.3 is 10.6 Å². The van der Waals surface area contributed by atoms with Crippen molar-refractivity contribution in [3.8, 4) is 0 Å². The molecule has 25 heavy (non-hydrogen) atoms. The average Bonchev–Trinajstić information content (AvgIpc) is 2.61. The summed E-state index contributed by atoms with van der Waals surface area (Å²) in [5, 5.41) is 15.1. The molecule has 0 spiro atoms. The summed E-state index contributed by atoms with van der Waals surface area (Å²) in [6, 6.07) is 12.2. The van der Waals surface area contributed by atoms with Crippen LogP contribution in [0.1, 0.15) is 16.7 Å². The van der Waals surface area contributed by atoms with Gasteiger partial charge in [-0.3, -0.25) is 10.1 Å². The van der Waals surface area contributed by atoms with E-state index in [1.54, 1.807) is 12.1 Å². The van der Waals surface area contributed by atoms with Crippen LogP contribution in [-0.4, -0.2) is 23.7 Å². The van der Waals surface area contributed by atoms with Gasteiger partial charge >= 0.3 is 6.03 Å². The predicted molar refractivity (Wildman–Crippen MR) is 94.6 cm³/mol. The van der Waals surface area contributed by atoms with E-state index in [0.29, 0.717) is 24.3 Å². The first-order valence-corrected chi connectivity index (χ1v) is 7.73. The van der Waals surface area contributed by atoms with Gasteiger partial charge in [0.15, 0.2) is 0 Å². The molecule has 0 aliphatic carbocycles.